The molecule has 0 aliphatic heterocycles. The summed E-state index contributed by atoms with van der Waals surface area (Å²) in [5.74, 6) is -1.43. The summed E-state index contributed by atoms with van der Waals surface area (Å²) in [7, 11) is 0. The normalized spacial score (nSPS) is 15.3. The number of hydrogen-bond acceptors (Lipinski definition) is 3. The minimum Gasteiger partial charge on any atom is -0.505 e. The van der Waals surface area contributed by atoms with E-state index in [0.29, 0.717) is 26.1 Å². The Bertz CT molecular complexity index is 1010. The van der Waals surface area contributed by atoms with Gasteiger partial charge in [-0.25, -0.2) is 9.78 Å². The Morgan fingerprint density at radius 1 is 1.16 bits per heavy atom. The lowest BCUT2D eigenvalue weighted by molar-refractivity contribution is 0.0695. The van der Waals surface area contributed by atoms with Crippen molar-refractivity contribution in [3.8, 4) is 5.75 Å². The molecular formula is C19H13BrClNO3. The molecule has 0 radical (unpaired) electrons. The topological polar surface area (TPSA) is 70.4 Å². The summed E-state index contributed by atoms with van der Waals surface area (Å²) in [6.07, 6.45) is 1.59. The summed E-state index contributed by atoms with van der Waals surface area (Å²) in [5, 5.41) is 21.4. The largest absolute Gasteiger partial charge is 0.505 e. The predicted octanol–water partition coefficient (Wildman–Crippen LogP) is 5.13. The van der Waals surface area contributed by atoms with Gasteiger partial charge >= 0.3 is 5.97 Å². The number of rotatable bonds is 3. The zero-order valence-electron chi connectivity index (χ0n) is 13.0. The fraction of sp³-hybridized carbons (Fsp3) is 0.158. The van der Waals surface area contributed by atoms with Gasteiger partial charge in [-0.05, 0) is 52.5 Å². The van der Waals surface area contributed by atoms with Crippen molar-refractivity contribution < 1.29 is 15.0 Å². The lowest BCUT2D eigenvalue weighted by Crippen LogP contribution is -2.14. The van der Waals surface area contributed by atoms with E-state index in [1.54, 1.807) is 24.3 Å². The number of carboxylic acids is 1. The van der Waals surface area contributed by atoms with Gasteiger partial charge < -0.3 is 10.2 Å². The third-order valence-electron chi connectivity index (χ3n) is 4.75. The van der Waals surface area contributed by atoms with Crippen LogP contribution in [0.2, 0.25) is 5.02 Å². The smallest absolute Gasteiger partial charge is 0.340 e. The van der Waals surface area contributed by atoms with Crippen molar-refractivity contribution in [1.29, 1.82) is 0 Å². The Balaban J connectivity index is 2.02. The Kier molecular flexibility index (Phi) is 3.74. The van der Waals surface area contributed by atoms with Gasteiger partial charge in [0.2, 0.25) is 0 Å². The number of carbonyl (C=O) groups is 1. The Morgan fingerprint density at radius 2 is 1.84 bits per heavy atom. The second-order valence-electron chi connectivity index (χ2n) is 6.21. The first-order valence-corrected chi connectivity index (χ1v) is 8.92. The fourth-order valence-corrected chi connectivity index (χ4v) is 3.93. The molecule has 1 aromatic heterocycles. The zero-order valence-corrected chi connectivity index (χ0v) is 15.3. The molecule has 1 aliphatic rings. The highest BCUT2D eigenvalue weighted by Crippen LogP contribution is 2.56. The highest BCUT2D eigenvalue weighted by molar-refractivity contribution is 9.10. The number of nitrogens with zero attached hydrogens (tertiary/aromatic N) is 1. The van der Waals surface area contributed by atoms with E-state index in [2.05, 4.69) is 20.9 Å². The maximum absolute atomic E-state index is 11.8. The first kappa shape index (κ1) is 16.4. The maximum Gasteiger partial charge on any atom is 0.340 e. The van der Waals surface area contributed by atoms with Crippen molar-refractivity contribution in [2.45, 2.75) is 18.3 Å². The summed E-state index contributed by atoms with van der Waals surface area (Å²) in [6, 6.07) is 12.6. The molecule has 2 N–H and O–H groups in total. The number of aromatic hydroxyl groups is 1. The quantitative estimate of drug-likeness (QED) is 0.618. The van der Waals surface area contributed by atoms with Crippen molar-refractivity contribution in [2.75, 3.05) is 0 Å². The van der Waals surface area contributed by atoms with Crippen molar-refractivity contribution in [3.63, 3.8) is 0 Å². The molecule has 1 aliphatic carbocycles. The van der Waals surface area contributed by atoms with Crippen LogP contribution in [0.1, 0.15) is 34.5 Å². The number of fused-ring (bicyclic) bond motifs is 1. The summed E-state index contributed by atoms with van der Waals surface area (Å²) < 4.78 is 0.695. The van der Waals surface area contributed by atoms with Gasteiger partial charge in [-0.15, -0.1) is 0 Å². The first-order chi connectivity index (χ1) is 11.9. The molecule has 0 saturated heterocycles. The van der Waals surface area contributed by atoms with Gasteiger partial charge in [0.15, 0.2) is 5.75 Å². The number of aromatic carboxylic acids is 1. The number of aromatic nitrogens is 1. The van der Waals surface area contributed by atoms with Gasteiger partial charge in [0.1, 0.15) is 5.56 Å². The van der Waals surface area contributed by atoms with E-state index in [1.165, 1.54) is 0 Å². The van der Waals surface area contributed by atoms with Gasteiger partial charge in [-0.2, -0.15) is 0 Å². The van der Waals surface area contributed by atoms with E-state index in [1.807, 2.05) is 18.2 Å². The van der Waals surface area contributed by atoms with E-state index in [0.717, 1.165) is 18.4 Å². The fourth-order valence-electron chi connectivity index (χ4n) is 3.35. The number of pyridine rings is 1. The molecule has 0 spiro atoms. The molecule has 6 heteroatoms. The standard InChI is InChI=1S/C19H13BrClNO3/c20-13-3-1-2-12-14(18(24)25)16(23)17(22-15(12)13)19(8-9-19)10-4-6-11(21)7-5-10/h1-7,23H,8-9H2,(H,24,25). The van der Waals surface area contributed by atoms with Gasteiger partial charge in [-0.1, -0.05) is 35.9 Å². The van der Waals surface area contributed by atoms with Crippen LogP contribution < -0.4 is 0 Å². The molecule has 0 atom stereocenters. The molecule has 0 bridgehead atoms. The molecular weight excluding hydrogens is 406 g/mol. The van der Waals surface area contributed by atoms with Crippen LogP contribution in [0.15, 0.2) is 46.9 Å². The monoisotopic (exact) mass is 417 g/mol. The van der Waals surface area contributed by atoms with Gasteiger partial charge in [0.25, 0.3) is 0 Å². The molecule has 0 amide bonds. The minimum atomic E-state index is -1.17. The van der Waals surface area contributed by atoms with Gasteiger partial charge in [0.05, 0.1) is 11.2 Å². The highest BCUT2D eigenvalue weighted by atomic mass is 79.9. The van der Waals surface area contributed by atoms with E-state index in [4.69, 9.17) is 11.6 Å². The van der Waals surface area contributed by atoms with Crippen LogP contribution in [0.25, 0.3) is 10.9 Å². The van der Waals surface area contributed by atoms with Crippen LogP contribution in [0.5, 0.6) is 5.75 Å². The summed E-state index contributed by atoms with van der Waals surface area (Å²) in [5.41, 5.74) is 1.34. The third-order valence-corrected chi connectivity index (χ3v) is 5.65. The van der Waals surface area contributed by atoms with Gasteiger partial charge in [0, 0.05) is 20.3 Å². The summed E-state index contributed by atoms with van der Waals surface area (Å²) in [6.45, 7) is 0. The van der Waals surface area contributed by atoms with Crippen molar-refractivity contribution >= 4 is 44.4 Å². The summed E-state index contributed by atoms with van der Waals surface area (Å²) >= 11 is 9.41. The number of carboxylic acid groups (broad SMARTS) is 1. The Hall–Kier alpha value is -2.11. The highest BCUT2D eigenvalue weighted by Gasteiger charge is 2.50. The molecule has 0 unspecified atom stereocenters. The number of halogens is 2. The molecule has 25 heavy (non-hydrogen) atoms. The average molecular weight is 419 g/mol. The van der Waals surface area contributed by atoms with E-state index in [-0.39, 0.29) is 11.3 Å². The molecule has 4 rings (SSSR count). The molecule has 1 heterocycles. The zero-order chi connectivity index (χ0) is 17.8. The number of benzene rings is 2. The molecule has 2 aromatic carbocycles. The number of hydrogen-bond donors (Lipinski definition) is 2. The maximum atomic E-state index is 11.8. The molecule has 1 fully saturated rings. The molecule has 3 aromatic rings. The van der Waals surface area contributed by atoms with Crippen LogP contribution in [-0.2, 0) is 5.41 Å². The van der Waals surface area contributed by atoms with Crippen LogP contribution in [0, 0.1) is 0 Å². The second kappa shape index (κ2) is 5.71. The van der Waals surface area contributed by atoms with Crippen molar-refractivity contribution in [2.24, 2.45) is 0 Å². The molecule has 1 saturated carbocycles. The van der Waals surface area contributed by atoms with Crippen LogP contribution in [0.4, 0.5) is 0 Å². The Labute approximate surface area is 157 Å². The second-order valence-corrected chi connectivity index (χ2v) is 7.50. The minimum absolute atomic E-state index is 0.110. The summed E-state index contributed by atoms with van der Waals surface area (Å²) in [4.78, 5) is 16.5. The van der Waals surface area contributed by atoms with E-state index in [9.17, 15) is 15.0 Å². The van der Waals surface area contributed by atoms with E-state index < -0.39 is 11.4 Å². The number of para-hydroxylation sites is 1. The van der Waals surface area contributed by atoms with Gasteiger partial charge in [-0.3, -0.25) is 0 Å². The predicted molar refractivity (Wildman–Crippen MR) is 99.5 cm³/mol. The lowest BCUT2D eigenvalue weighted by Gasteiger charge is -2.19. The van der Waals surface area contributed by atoms with Crippen molar-refractivity contribution in [1.82, 2.24) is 4.98 Å². The SMILES string of the molecule is O=C(O)c1c(O)c(C2(c3ccc(Cl)cc3)CC2)nc2c(Br)cccc12. The van der Waals surface area contributed by atoms with Crippen LogP contribution in [-0.4, -0.2) is 21.2 Å². The van der Waals surface area contributed by atoms with E-state index >= 15 is 0 Å². The third kappa shape index (κ3) is 2.50. The van der Waals surface area contributed by atoms with Crippen LogP contribution >= 0.6 is 27.5 Å². The van der Waals surface area contributed by atoms with Crippen LogP contribution in [0.3, 0.4) is 0 Å². The molecule has 4 nitrogen and oxygen atoms in total. The first-order valence-electron chi connectivity index (χ1n) is 7.75. The Morgan fingerprint density at radius 3 is 2.44 bits per heavy atom. The average Bonchev–Trinajstić information content (AvgIpc) is 3.36. The molecule has 126 valence electrons. The van der Waals surface area contributed by atoms with Crippen molar-refractivity contribution in [3.05, 3.63) is 68.8 Å². The lowest BCUT2D eigenvalue weighted by atomic mass is 9.89.